The molecule has 1 fully saturated rings. The molecule has 8 heteroatoms. The van der Waals surface area contributed by atoms with Gasteiger partial charge in [-0.05, 0) is 25.5 Å². The van der Waals surface area contributed by atoms with Gasteiger partial charge in [0.05, 0.1) is 18.5 Å². The van der Waals surface area contributed by atoms with Gasteiger partial charge in [0, 0.05) is 25.0 Å². The van der Waals surface area contributed by atoms with Gasteiger partial charge in [0.2, 0.25) is 0 Å². The number of hydrogen-bond acceptors (Lipinski definition) is 5. The molecule has 24 heavy (non-hydrogen) atoms. The minimum absolute atomic E-state index is 0.151. The van der Waals surface area contributed by atoms with E-state index in [4.69, 9.17) is 0 Å². The van der Waals surface area contributed by atoms with Crippen LogP contribution in [0.2, 0.25) is 0 Å². The van der Waals surface area contributed by atoms with Crippen LogP contribution < -0.4 is 5.32 Å². The van der Waals surface area contributed by atoms with E-state index in [0.29, 0.717) is 30.0 Å². The van der Waals surface area contributed by atoms with Crippen LogP contribution in [-0.2, 0) is 0 Å². The van der Waals surface area contributed by atoms with Crippen molar-refractivity contribution in [1.29, 1.82) is 0 Å². The standard InChI is InChI=1S/C16H19N5O3/c1-10-14(19-9-18-10)16(24)21-7-5-11(13(22)8-21)20-15(23)12-4-2-3-6-17-12/h2-4,6,9,11,13,22H,5,7-8H2,1H3,(H,18,19)(H,20,23)/t11-,13-/m1/s1. The molecule has 2 atom stereocenters. The number of carbonyl (C=O) groups excluding carboxylic acids is 2. The summed E-state index contributed by atoms with van der Waals surface area (Å²) in [5, 5.41) is 13.1. The van der Waals surface area contributed by atoms with E-state index in [9.17, 15) is 14.7 Å². The van der Waals surface area contributed by atoms with Crippen molar-refractivity contribution in [2.45, 2.75) is 25.5 Å². The van der Waals surface area contributed by atoms with Crippen molar-refractivity contribution in [3.63, 3.8) is 0 Å². The van der Waals surface area contributed by atoms with E-state index in [1.807, 2.05) is 0 Å². The second-order valence-corrected chi connectivity index (χ2v) is 5.78. The highest BCUT2D eigenvalue weighted by molar-refractivity contribution is 5.94. The van der Waals surface area contributed by atoms with Crippen LogP contribution in [0, 0.1) is 6.92 Å². The number of nitrogens with one attached hydrogen (secondary N) is 2. The summed E-state index contributed by atoms with van der Waals surface area (Å²) in [5.41, 5.74) is 1.36. The number of hydrogen-bond donors (Lipinski definition) is 3. The summed E-state index contributed by atoms with van der Waals surface area (Å²) < 4.78 is 0. The lowest BCUT2D eigenvalue weighted by molar-refractivity contribution is 0.0310. The van der Waals surface area contributed by atoms with Crippen molar-refractivity contribution in [3.05, 3.63) is 47.8 Å². The second-order valence-electron chi connectivity index (χ2n) is 5.78. The number of imidazole rings is 1. The van der Waals surface area contributed by atoms with Gasteiger partial charge in [-0.25, -0.2) is 4.98 Å². The van der Waals surface area contributed by atoms with E-state index < -0.39 is 12.1 Å². The highest BCUT2D eigenvalue weighted by Gasteiger charge is 2.32. The lowest BCUT2D eigenvalue weighted by Gasteiger charge is -2.36. The van der Waals surface area contributed by atoms with E-state index in [1.165, 1.54) is 6.33 Å². The summed E-state index contributed by atoms with van der Waals surface area (Å²) in [6.45, 7) is 2.37. The predicted octanol–water partition coefficient (Wildman–Crippen LogP) is 0.119. The van der Waals surface area contributed by atoms with Crippen molar-refractivity contribution in [3.8, 4) is 0 Å². The fraction of sp³-hybridized carbons (Fsp3) is 0.375. The monoisotopic (exact) mass is 329 g/mol. The van der Waals surface area contributed by atoms with Crippen LogP contribution >= 0.6 is 0 Å². The number of aromatic nitrogens is 3. The first kappa shape index (κ1) is 16.1. The van der Waals surface area contributed by atoms with Crippen molar-refractivity contribution < 1.29 is 14.7 Å². The SMILES string of the molecule is Cc1[nH]cnc1C(=O)N1CC[C@@H](NC(=O)c2ccccn2)[C@H](O)C1. The van der Waals surface area contributed by atoms with E-state index in [2.05, 4.69) is 20.3 Å². The fourth-order valence-corrected chi connectivity index (χ4v) is 2.75. The highest BCUT2D eigenvalue weighted by Crippen LogP contribution is 2.15. The number of likely N-dealkylation sites (tertiary alicyclic amines) is 1. The first-order valence-electron chi connectivity index (χ1n) is 7.75. The third kappa shape index (κ3) is 3.28. The number of aliphatic hydroxyl groups excluding tert-OH is 1. The molecule has 1 aliphatic rings. The predicted molar refractivity (Wildman–Crippen MR) is 85.3 cm³/mol. The molecule has 126 valence electrons. The Morgan fingerprint density at radius 3 is 2.83 bits per heavy atom. The quantitative estimate of drug-likeness (QED) is 0.740. The van der Waals surface area contributed by atoms with Crippen LogP contribution in [0.15, 0.2) is 30.7 Å². The topological polar surface area (TPSA) is 111 Å². The average molecular weight is 329 g/mol. The molecule has 0 radical (unpaired) electrons. The molecule has 0 aliphatic carbocycles. The summed E-state index contributed by atoms with van der Waals surface area (Å²) in [5.74, 6) is -0.551. The van der Waals surface area contributed by atoms with Gasteiger partial charge in [-0.1, -0.05) is 6.07 Å². The van der Waals surface area contributed by atoms with E-state index in [-0.39, 0.29) is 18.4 Å². The number of carbonyl (C=O) groups is 2. The lowest BCUT2D eigenvalue weighted by atomic mass is 10.0. The van der Waals surface area contributed by atoms with Crippen LogP contribution in [0.25, 0.3) is 0 Å². The Bertz CT molecular complexity index is 730. The largest absolute Gasteiger partial charge is 0.389 e. The van der Waals surface area contributed by atoms with Crippen LogP contribution in [0.4, 0.5) is 0 Å². The Labute approximate surface area is 138 Å². The number of aliphatic hydroxyl groups is 1. The van der Waals surface area contributed by atoms with Crippen LogP contribution in [0.1, 0.15) is 33.1 Å². The van der Waals surface area contributed by atoms with Crippen LogP contribution in [0.3, 0.4) is 0 Å². The van der Waals surface area contributed by atoms with Gasteiger partial charge in [-0.3, -0.25) is 14.6 Å². The summed E-state index contributed by atoms with van der Waals surface area (Å²) in [6, 6.07) is 4.66. The van der Waals surface area contributed by atoms with Crippen LogP contribution in [0.5, 0.6) is 0 Å². The third-order valence-electron chi connectivity index (χ3n) is 4.12. The first-order chi connectivity index (χ1) is 11.6. The number of β-amino-alcohol motifs (C(OH)–C–C–N with tert-alkyl or cyclic N) is 1. The smallest absolute Gasteiger partial charge is 0.274 e. The fourth-order valence-electron chi connectivity index (χ4n) is 2.75. The van der Waals surface area contributed by atoms with Crippen molar-refractivity contribution >= 4 is 11.8 Å². The summed E-state index contributed by atoms with van der Waals surface area (Å²) >= 11 is 0. The maximum absolute atomic E-state index is 12.4. The van der Waals surface area contributed by atoms with Gasteiger partial charge in [0.25, 0.3) is 11.8 Å². The molecule has 0 bridgehead atoms. The molecule has 0 unspecified atom stereocenters. The van der Waals surface area contributed by atoms with E-state index in [0.717, 1.165) is 0 Å². The molecular weight excluding hydrogens is 310 g/mol. The Morgan fingerprint density at radius 2 is 2.21 bits per heavy atom. The zero-order valence-electron chi connectivity index (χ0n) is 13.3. The molecule has 8 nitrogen and oxygen atoms in total. The van der Waals surface area contributed by atoms with Gasteiger partial charge in [-0.2, -0.15) is 0 Å². The maximum Gasteiger partial charge on any atom is 0.274 e. The Kier molecular flexibility index (Phi) is 4.57. The van der Waals surface area contributed by atoms with Gasteiger partial charge < -0.3 is 20.3 Å². The van der Waals surface area contributed by atoms with Crippen LogP contribution in [-0.4, -0.2) is 62.0 Å². The molecule has 1 saturated heterocycles. The first-order valence-corrected chi connectivity index (χ1v) is 7.75. The number of nitrogens with zero attached hydrogens (tertiary/aromatic N) is 3. The molecule has 0 spiro atoms. The van der Waals surface area contributed by atoms with Gasteiger partial charge in [-0.15, -0.1) is 0 Å². The molecule has 3 heterocycles. The number of piperidine rings is 1. The van der Waals surface area contributed by atoms with Crippen molar-refractivity contribution in [2.75, 3.05) is 13.1 Å². The normalized spacial score (nSPS) is 20.7. The molecule has 0 aromatic carbocycles. The zero-order valence-corrected chi connectivity index (χ0v) is 13.3. The zero-order chi connectivity index (χ0) is 17.1. The summed E-state index contributed by atoms with van der Waals surface area (Å²) in [4.78, 5) is 37.0. The van der Waals surface area contributed by atoms with Crippen molar-refractivity contribution in [2.24, 2.45) is 0 Å². The van der Waals surface area contributed by atoms with Gasteiger partial charge >= 0.3 is 0 Å². The Morgan fingerprint density at radius 1 is 1.38 bits per heavy atom. The molecule has 3 rings (SSSR count). The average Bonchev–Trinajstić information content (AvgIpc) is 3.02. The third-order valence-corrected chi connectivity index (χ3v) is 4.12. The summed E-state index contributed by atoms with van der Waals surface area (Å²) in [7, 11) is 0. The minimum atomic E-state index is -0.838. The molecule has 2 aromatic heterocycles. The molecule has 0 saturated carbocycles. The number of aromatic amines is 1. The molecule has 2 amide bonds. The Balaban J connectivity index is 1.60. The number of amides is 2. The summed E-state index contributed by atoms with van der Waals surface area (Å²) in [6.07, 6.45) is 2.64. The second kappa shape index (κ2) is 6.79. The van der Waals surface area contributed by atoms with Gasteiger partial charge in [0.1, 0.15) is 11.4 Å². The number of H-pyrrole nitrogens is 1. The molecule has 2 aromatic rings. The number of pyridine rings is 1. The van der Waals surface area contributed by atoms with Gasteiger partial charge in [0.15, 0.2) is 0 Å². The van der Waals surface area contributed by atoms with E-state index in [1.54, 1.807) is 36.2 Å². The van der Waals surface area contributed by atoms with E-state index >= 15 is 0 Å². The molecular formula is C16H19N5O3. The number of aryl methyl sites for hydroxylation is 1. The maximum atomic E-state index is 12.4. The highest BCUT2D eigenvalue weighted by atomic mass is 16.3. The molecule has 3 N–H and O–H groups in total. The minimum Gasteiger partial charge on any atom is -0.389 e. The van der Waals surface area contributed by atoms with Crippen molar-refractivity contribution in [1.82, 2.24) is 25.2 Å². The lowest BCUT2D eigenvalue weighted by Crippen LogP contribution is -2.55. The Hall–Kier alpha value is -2.74. The number of rotatable bonds is 3. The molecule has 1 aliphatic heterocycles.